The van der Waals surface area contributed by atoms with Crippen LogP contribution >= 0.6 is 0 Å². The van der Waals surface area contributed by atoms with Crippen LogP contribution in [0.5, 0.6) is 0 Å². The van der Waals surface area contributed by atoms with Crippen LogP contribution in [0.15, 0.2) is 0 Å². The van der Waals surface area contributed by atoms with Crippen molar-refractivity contribution >= 4 is 0 Å². The third-order valence-corrected chi connectivity index (χ3v) is 3.20. The van der Waals surface area contributed by atoms with E-state index in [0.717, 1.165) is 18.4 Å². The van der Waals surface area contributed by atoms with Crippen molar-refractivity contribution in [2.75, 3.05) is 26.2 Å². The Morgan fingerprint density at radius 1 is 1.43 bits per heavy atom. The molecule has 14 heavy (non-hydrogen) atoms. The number of nitrogens with zero attached hydrogens (tertiary/aromatic N) is 1. The Morgan fingerprint density at radius 2 is 2.21 bits per heavy atom. The molecule has 1 aliphatic rings. The summed E-state index contributed by atoms with van der Waals surface area (Å²) in [4.78, 5) is 2.63. The molecule has 0 bridgehead atoms. The largest absolute Gasteiger partial charge is 0.330 e. The molecule has 0 saturated carbocycles. The molecule has 84 valence electrons. The summed E-state index contributed by atoms with van der Waals surface area (Å²) in [7, 11) is 0. The minimum Gasteiger partial charge on any atom is -0.330 e. The van der Waals surface area contributed by atoms with Gasteiger partial charge in [0.2, 0.25) is 0 Å². The summed E-state index contributed by atoms with van der Waals surface area (Å²) in [5.74, 6) is 1.71. The molecular weight excluding hydrogens is 172 g/mol. The van der Waals surface area contributed by atoms with E-state index in [1.54, 1.807) is 0 Å². The molecule has 0 radical (unpaired) electrons. The molecule has 2 N–H and O–H groups in total. The Balaban J connectivity index is 2.18. The van der Waals surface area contributed by atoms with Crippen LogP contribution < -0.4 is 5.73 Å². The van der Waals surface area contributed by atoms with Gasteiger partial charge >= 0.3 is 0 Å². The maximum atomic E-state index is 5.61. The summed E-state index contributed by atoms with van der Waals surface area (Å²) in [6.07, 6.45) is 5.34. The first-order valence-electron chi connectivity index (χ1n) is 6.14. The van der Waals surface area contributed by atoms with Gasteiger partial charge in [-0.1, -0.05) is 13.8 Å². The zero-order chi connectivity index (χ0) is 10.4. The summed E-state index contributed by atoms with van der Waals surface area (Å²) in [6, 6.07) is 0. The monoisotopic (exact) mass is 198 g/mol. The molecule has 0 aromatic heterocycles. The number of hydrogen-bond donors (Lipinski definition) is 1. The van der Waals surface area contributed by atoms with Crippen LogP contribution in [-0.2, 0) is 0 Å². The summed E-state index contributed by atoms with van der Waals surface area (Å²) in [5, 5.41) is 0. The molecule has 0 aliphatic carbocycles. The summed E-state index contributed by atoms with van der Waals surface area (Å²) < 4.78 is 0. The zero-order valence-corrected chi connectivity index (χ0v) is 9.84. The van der Waals surface area contributed by atoms with Crippen LogP contribution in [0.1, 0.15) is 39.5 Å². The lowest BCUT2D eigenvalue weighted by Crippen LogP contribution is -2.37. The predicted molar refractivity (Wildman–Crippen MR) is 62.3 cm³/mol. The summed E-state index contributed by atoms with van der Waals surface area (Å²) >= 11 is 0. The van der Waals surface area contributed by atoms with E-state index >= 15 is 0 Å². The van der Waals surface area contributed by atoms with Gasteiger partial charge in [-0.15, -0.1) is 0 Å². The van der Waals surface area contributed by atoms with E-state index in [-0.39, 0.29) is 0 Å². The SMILES string of the molecule is CC(C)CCN1CCCC(CCN)C1. The van der Waals surface area contributed by atoms with Gasteiger partial charge in [0, 0.05) is 6.54 Å². The highest BCUT2D eigenvalue weighted by Crippen LogP contribution is 2.19. The fourth-order valence-corrected chi connectivity index (χ4v) is 2.27. The lowest BCUT2D eigenvalue weighted by molar-refractivity contribution is 0.163. The van der Waals surface area contributed by atoms with Crippen molar-refractivity contribution in [3.63, 3.8) is 0 Å². The minimum absolute atomic E-state index is 0.838. The van der Waals surface area contributed by atoms with Crippen LogP contribution in [0.3, 0.4) is 0 Å². The molecule has 2 nitrogen and oxygen atoms in total. The number of nitrogens with two attached hydrogens (primary N) is 1. The van der Waals surface area contributed by atoms with Crippen molar-refractivity contribution in [2.45, 2.75) is 39.5 Å². The van der Waals surface area contributed by atoms with Gasteiger partial charge in [0.1, 0.15) is 0 Å². The second-order valence-electron chi connectivity index (χ2n) is 5.07. The molecule has 1 aliphatic heterocycles. The first-order valence-corrected chi connectivity index (χ1v) is 6.14. The van der Waals surface area contributed by atoms with Gasteiger partial charge in [-0.25, -0.2) is 0 Å². The third kappa shape index (κ3) is 4.43. The highest BCUT2D eigenvalue weighted by Gasteiger charge is 2.18. The number of likely N-dealkylation sites (tertiary alicyclic amines) is 1. The van der Waals surface area contributed by atoms with Crippen LogP contribution in [0.4, 0.5) is 0 Å². The van der Waals surface area contributed by atoms with Gasteiger partial charge in [0.05, 0.1) is 0 Å². The highest BCUT2D eigenvalue weighted by molar-refractivity contribution is 4.73. The Kier molecular flexibility index (Phi) is 5.49. The maximum Gasteiger partial charge on any atom is 0.00101 e. The first-order chi connectivity index (χ1) is 6.72. The molecule has 1 unspecified atom stereocenters. The first kappa shape index (κ1) is 12.0. The fraction of sp³-hybridized carbons (Fsp3) is 1.00. The van der Waals surface area contributed by atoms with Crippen molar-refractivity contribution in [3.8, 4) is 0 Å². The number of rotatable bonds is 5. The average molecular weight is 198 g/mol. The van der Waals surface area contributed by atoms with Crippen molar-refractivity contribution in [1.82, 2.24) is 4.90 Å². The molecule has 2 heteroatoms. The van der Waals surface area contributed by atoms with Gasteiger partial charge in [-0.3, -0.25) is 0 Å². The van der Waals surface area contributed by atoms with E-state index in [1.807, 2.05) is 0 Å². The standard InChI is InChI=1S/C12H26N2/c1-11(2)6-9-14-8-3-4-12(10-14)5-7-13/h11-12H,3-10,13H2,1-2H3. The third-order valence-electron chi connectivity index (χ3n) is 3.20. The smallest absolute Gasteiger partial charge is 0.00101 e. The summed E-state index contributed by atoms with van der Waals surface area (Å²) in [5.41, 5.74) is 5.61. The molecule has 0 aromatic rings. The summed E-state index contributed by atoms with van der Waals surface area (Å²) in [6.45, 7) is 9.38. The van der Waals surface area contributed by atoms with Crippen molar-refractivity contribution < 1.29 is 0 Å². The fourth-order valence-electron chi connectivity index (χ4n) is 2.27. The maximum absolute atomic E-state index is 5.61. The lowest BCUT2D eigenvalue weighted by Gasteiger charge is -2.33. The molecule has 1 fully saturated rings. The molecule has 0 spiro atoms. The highest BCUT2D eigenvalue weighted by atomic mass is 15.1. The van der Waals surface area contributed by atoms with Gasteiger partial charge < -0.3 is 10.6 Å². The second kappa shape index (κ2) is 6.41. The van der Waals surface area contributed by atoms with Gasteiger partial charge in [0.15, 0.2) is 0 Å². The van der Waals surface area contributed by atoms with Crippen molar-refractivity contribution in [2.24, 2.45) is 17.6 Å². The molecule has 1 heterocycles. The van der Waals surface area contributed by atoms with E-state index in [1.165, 1.54) is 45.3 Å². The van der Waals surface area contributed by atoms with Crippen LogP contribution in [0, 0.1) is 11.8 Å². The Bertz CT molecular complexity index is 143. The molecule has 1 atom stereocenters. The van der Waals surface area contributed by atoms with Crippen LogP contribution in [0.25, 0.3) is 0 Å². The van der Waals surface area contributed by atoms with Crippen LogP contribution in [-0.4, -0.2) is 31.1 Å². The topological polar surface area (TPSA) is 29.3 Å². The minimum atomic E-state index is 0.838. The molecule has 0 aromatic carbocycles. The molecule has 1 saturated heterocycles. The lowest BCUT2D eigenvalue weighted by atomic mass is 9.94. The number of hydrogen-bond acceptors (Lipinski definition) is 2. The zero-order valence-electron chi connectivity index (χ0n) is 9.84. The molecule has 1 rings (SSSR count). The number of piperidine rings is 1. The average Bonchev–Trinajstić information content (AvgIpc) is 2.16. The second-order valence-corrected chi connectivity index (χ2v) is 5.07. The van der Waals surface area contributed by atoms with Crippen LogP contribution in [0.2, 0.25) is 0 Å². The van der Waals surface area contributed by atoms with E-state index in [4.69, 9.17) is 5.73 Å². The van der Waals surface area contributed by atoms with Crippen molar-refractivity contribution in [1.29, 1.82) is 0 Å². The Morgan fingerprint density at radius 3 is 2.86 bits per heavy atom. The van der Waals surface area contributed by atoms with E-state index < -0.39 is 0 Å². The van der Waals surface area contributed by atoms with Gasteiger partial charge in [0.25, 0.3) is 0 Å². The van der Waals surface area contributed by atoms with E-state index in [0.29, 0.717) is 0 Å². The van der Waals surface area contributed by atoms with E-state index in [9.17, 15) is 0 Å². The normalized spacial score (nSPS) is 24.4. The molecule has 0 amide bonds. The Labute approximate surface area is 88.8 Å². The molecular formula is C12H26N2. The predicted octanol–water partition coefficient (Wildman–Crippen LogP) is 2.09. The van der Waals surface area contributed by atoms with E-state index in [2.05, 4.69) is 18.7 Å². The van der Waals surface area contributed by atoms with Gasteiger partial charge in [-0.2, -0.15) is 0 Å². The quantitative estimate of drug-likeness (QED) is 0.733. The van der Waals surface area contributed by atoms with Gasteiger partial charge in [-0.05, 0) is 57.2 Å². The van der Waals surface area contributed by atoms with Crippen molar-refractivity contribution in [3.05, 3.63) is 0 Å². The Hall–Kier alpha value is -0.0800.